The molecule has 0 saturated carbocycles. The fourth-order valence-corrected chi connectivity index (χ4v) is 2.85. The summed E-state index contributed by atoms with van der Waals surface area (Å²) < 4.78 is 5.84. The first-order chi connectivity index (χ1) is 6.79. The summed E-state index contributed by atoms with van der Waals surface area (Å²) in [6.07, 6.45) is 1.52. The molecular weight excluding hydrogens is 328 g/mol. The van der Waals surface area contributed by atoms with Gasteiger partial charge >= 0.3 is 6.09 Å². The zero-order valence-corrected chi connectivity index (χ0v) is 12.2. The van der Waals surface area contributed by atoms with Gasteiger partial charge in [0.15, 0.2) is 0 Å². The Labute approximate surface area is 110 Å². The number of hydrogen-bond donors (Lipinski definition) is 0. The molecule has 2 atom stereocenters. The second-order valence-electron chi connectivity index (χ2n) is 4.73. The Balaban J connectivity index is 2.53. The van der Waals surface area contributed by atoms with Crippen LogP contribution in [0, 0.1) is 0 Å². The number of nitrogens with zero attached hydrogens (tertiary/aromatic N) is 1. The van der Waals surface area contributed by atoms with Gasteiger partial charge in [-0.25, -0.2) is 4.79 Å². The lowest BCUT2D eigenvalue weighted by molar-refractivity contribution is 0.0186. The molecule has 1 heterocycles. The Bertz CT molecular complexity index is 242. The molecule has 1 aliphatic heterocycles. The van der Waals surface area contributed by atoms with E-state index in [4.69, 9.17) is 16.3 Å². The van der Waals surface area contributed by atoms with Crippen molar-refractivity contribution in [1.29, 1.82) is 0 Å². The molecule has 1 fully saturated rings. The van der Waals surface area contributed by atoms with Gasteiger partial charge in [-0.1, -0.05) is 34.2 Å². The van der Waals surface area contributed by atoms with Crippen LogP contribution in [0.2, 0.25) is 0 Å². The van der Waals surface area contributed by atoms with Crippen molar-refractivity contribution in [3.05, 3.63) is 0 Å². The minimum Gasteiger partial charge on any atom is -0.444 e. The van der Waals surface area contributed by atoms with E-state index in [1.165, 1.54) is 0 Å². The first-order valence-corrected chi connectivity index (χ1v) is 6.75. The summed E-state index contributed by atoms with van der Waals surface area (Å²) >= 11 is 8.49. The highest BCUT2D eigenvalue weighted by atomic mass is 127. The average molecular weight is 346 g/mol. The van der Waals surface area contributed by atoms with Crippen molar-refractivity contribution in [3.63, 3.8) is 0 Å². The molecule has 5 heteroatoms. The molecule has 0 aromatic rings. The summed E-state index contributed by atoms with van der Waals surface area (Å²) in [5.41, 5.74) is -0.676. The molecule has 2 unspecified atom stereocenters. The fraction of sp³-hybridized carbons (Fsp3) is 0.900. The predicted octanol–water partition coefficient (Wildman–Crippen LogP) is 3.39. The standard InChI is InChI=1S/C10H17ClINO2/c1-10(2,3)15-9(14)13-5-4-7(12)6-8(13)11/h7-8H,4-6H2,1-3H3. The van der Waals surface area contributed by atoms with Gasteiger partial charge in [0.1, 0.15) is 11.1 Å². The quantitative estimate of drug-likeness (QED) is 0.383. The lowest BCUT2D eigenvalue weighted by Crippen LogP contribution is -2.45. The molecule has 0 spiro atoms. The second-order valence-corrected chi connectivity index (χ2v) is 7.00. The van der Waals surface area contributed by atoms with Gasteiger partial charge in [-0.2, -0.15) is 0 Å². The highest BCUT2D eigenvalue weighted by Crippen LogP contribution is 2.27. The third-order valence-electron chi connectivity index (χ3n) is 2.10. The van der Waals surface area contributed by atoms with Crippen LogP contribution in [0.1, 0.15) is 33.6 Å². The molecule has 1 rings (SSSR count). The van der Waals surface area contributed by atoms with Crippen molar-refractivity contribution in [2.45, 2.75) is 48.6 Å². The van der Waals surface area contributed by atoms with E-state index in [-0.39, 0.29) is 11.6 Å². The maximum Gasteiger partial charge on any atom is 0.411 e. The van der Waals surface area contributed by atoms with Crippen LogP contribution in [0.4, 0.5) is 4.79 Å². The van der Waals surface area contributed by atoms with Gasteiger partial charge in [-0.15, -0.1) is 0 Å². The molecule has 0 aromatic heterocycles. The van der Waals surface area contributed by atoms with Gasteiger partial charge < -0.3 is 4.74 Å². The molecular formula is C10H17ClINO2. The van der Waals surface area contributed by atoms with E-state index in [9.17, 15) is 4.79 Å². The van der Waals surface area contributed by atoms with Gasteiger partial charge in [0.2, 0.25) is 0 Å². The molecule has 3 nitrogen and oxygen atoms in total. The lowest BCUT2D eigenvalue weighted by atomic mass is 10.1. The summed E-state index contributed by atoms with van der Waals surface area (Å²) in [7, 11) is 0. The Morgan fingerprint density at radius 2 is 2.13 bits per heavy atom. The monoisotopic (exact) mass is 345 g/mol. The number of hydrogen-bond acceptors (Lipinski definition) is 2. The van der Waals surface area contributed by atoms with E-state index in [0.717, 1.165) is 12.8 Å². The molecule has 15 heavy (non-hydrogen) atoms. The van der Waals surface area contributed by atoms with Gasteiger partial charge in [0, 0.05) is 10.5 Å². The number of halogens is 2. The minimum absolute atomic E-state index is 0.226. The molecule has 0 aromatic carbocycles. The van der Waals surface area contributed by atoms with E-state index < -0.39 is 5.60 Å². The van der Waals surface area contributed by atoms with E-state index in [1.807, 2.05) is 20.8 Å². The first-order valence-electron chi connectivity index (χ1n) is 5.07. The van der Waals surface area contributed by atoms with Crippen molar-refractivity contribution in [1.82, 2.24) is 4.90 Å². The number of piperidine rings is 1. The van der Waals surface area contributed by atoms with Crippen LogP contribution in [-0.4, -0.2) is 32.6 Å². The zero-order valence-electron chi connectivity index (χ0n) is 9.30. The Morgan fingerprint density at radius 1 is 1.53 bits per heavy atom. The summed E-state index contributed by atoms with van der Waals surface area (Å²) in [5.74, 6) is 0. The smallest absolute Gasteiger partial charge is 0.411 e. The van der Waals surface area contributed by atoms with Gasteiger partial charge in [0.05, 0.1) is 0 Å². The molecule has 0 aliphatic carbocycles. The van der Waals surface area contributed by atoms with E-state index in [1.54, 1.807) is 4.90 Å². The van der Waals surface area contributed by atoms with Crippen molar-refractivity contribution in [2.24, 2.45) is 0 Å². The van der Waals surface area contributed by atoms with Crippen molar-refractivity contribution in [3.8, 4) is 0 Å². The number of carbonyl (C=O) groups excluding carboxylic acids is 1. The highest BCUT2D eigenvalue weighted by molar-refractivity contribution is 14.1. The molecule has 88 valence electrons. The van der Waals surface area contributed by atoms with Crippen LogP contribution < -0.4 is 0 Å². The topological polar surface area (TPSA) is 29.5 Å². The predicted molar refractivity (Wildman–Crippen MR) is 69.6 cm³/mol. The molecule has 1 aliphatic rings. The number of ether oxygens (including phenoxy) is 1. The number of carbonyl (C=O) groups is 1. The molecule has 1 saturated heterocycles. The maximum atomic E-state index is 11.7. The number of amides is 1. The van der Waals surface area contributed by atoms with Crippen LogP contribution in [0.25, 0.3) is 0 Å². The summed E-state index contributed by atoms with van der Waals surface area (Å²) in [6, 6.07) is 0. The maximum absolute atomic E-state index is 11.7. The van der Waals surface area contributed by atoms with E-state index in [2.05, 4.69) is 22.6 Å². The zero-order chi connectivity index (χ0) is 11.6. The third kappa shape index (κ3) is 4.34. The first kappa shape index (κ1) is 13.4. The number of likely N-dealkylation sites (tertiary alicyclic amines) is 1. The van der Waals surface area contributed by atoms with Gasteiger partial charge in [-0.05, 0) is 33.6 Å². The van der Waals surface area contributed by atoms with Crippen LogP contribution >= 0.6 is 34.2 Å². The number of alkyl halides is 2. The average Bonchev–Trinajstić information content (AvgIpc) is 1.99. The van der Waals surface area contributed by atoms with Crippen molar-refractivity contribution < 1.29 is 9.53 Å². The minimum atomic E-state index is -0.450. The Hall–Kier alpha value is 0.290. The lowest BCUT2D eigenvalue weighted by Gasteiger charge is -2.35. The summed E-state index contributed by atoms with van der Waals surface area (Å²) in [5, 5.41) is 0. The SMILES string of the molecule is CC(C)(C)OC(=O)N1CCC(I)CC1Cl. The molecule has 0 radical (unpaired) electrons. The van der Waals surface area contributed by atoms with Crippen LogP contribution in [0.3, 0.4) is 0 Å². The van der Waals surface area contributed by atoms with E-state index >= 15 is 0 Å². The molecule has 0 bridgehead atoms. The normalized spacial score (nSPS) is 27.7. The summed E-state index contributed by atoms with van der Waals surface area (Å²) in [4.78, 5) is 13.4. The van der Waals surface area contributed by atoms with E-state index in [0.29, 0.717) is 10.5 Å². The van der Waals surface area contributed by atoms with Crippen molar-refractivity contribution >= 4 is 40.3 Å². The fourth-order valence-electron chi connectivity index (χ4n) is 1.40. The molecule has 0 N–H and O–H groups in total. The van der Waals surface area contributed by atoms with Crippen molar-refractivity contribution in [2.75, 3.05) is 6.54 Å². The van der Waals surface area contributed by atoms with Gasteiger partial charge in [0.25, 0.3) is 0 Å². The van der Waals surface area contributed by atoms with Crippen LogP contribution in [-0.2, 0) is 4.74 Å². The Kier molecular flexibility index (Phi) is 4.52. The van der Waals surface area contributed by atoms with Crippen LogP contribution in [0.5, 0.6) is 0 Å². The molecule has 1 amide bonds. The highest BCUT2D eigenvalue weighted by Gasteiger charge is 2.31. The number of rotatable bonds is 0. The second kappa shape index (κ2) is 5.08. The summed E-state index contributed by atoms with van der Waals surface area (Å²) in [6.45, 7) is 6.27. The van der Waals surface area contributed by atoms with Crippen LogP contribution in [0.15, 0.2) is 0 Å². The Morgan fingerprint density at radius 3 is 2.60 bits per heavy atom. The largest absolute Gasteiger partial charge is 0.444 e. The third-order valence-corrected chi connectivity index (χ3v) is 3.64. The van der Waals surface area contributed by atoms with Gasteiger partial charge in [-0.3, -0.25) is 4.90 Å².